The second-order valence-corrected chi connectivity index (χ2v) is 5.89. The smallest absolute Gasteiger partial charge is 0.319 e. The van der Waals surface area contributed by atoms with Crippen LogP contribution in [0, 0.1) is 17.2 Å². The Morgan fingerprint density at radius 1 is 1.12 bits per heavy atom. The fraction of sp³-hybridized carbons (Fsp3) is 0.500. The highest BCUT2D eigenvalue weighted by Gasteiger charge is 2.48. The van der Waals surface area contributed by atoms with E-state index in [4.69, 9.17) is 24.2 Å². The van der Waals surface area contributed by atoms with Gasteiger partial charge in [-0.1, -0.05) is 0 Å². The molecule has 4 rings (SSSR count). The number of carbonyl (C=O) groups excluding carboxylic acids is 1. The van der Waals surface area contributed by atoms with Gasteiger partial charge in [-0.15, -0.1) is 0 Å². The first kappa shape index (κ1) is 15.1. The average Bonchev–Trinajstić information content (AvgIpc) is 3.17. The third-order valence-electron chi connectivity index (χ3n) is 4.34. The SMILES string of the molecule is N#C[C@@H]1CO[C@H]2[C@@H]1OC[C@@H]2NC(=O)Nc1ccc2c(c1)OCCO2. The van der Waals surface area contributed by atoms with Crippen LogP contribution >= 0.6 is 0 Å². The minimum absolute atomic E-state index is 0.269. The van der Waals surface area contributed by atoms with Crippen LogP contribution in [0.25, 0.3) is 0 Å². The standard InChI is InChI=1S/C16H17N3O5/c17-6-9-7-23-15-11(8-24-14(9)15)19-16(20)18-10-1-2-12-13(5-10)22-4-3-21-12/h1-2,5,9,11,14-15H,3-4,7-8H2,(H2,18,19,20)/t9-,11+,14-,15-/m1/s1. The fourth-order valence-electron chi connectivity index (χ4n) is 3.19. The van der Waals surface area contributed by atoms with Gasteiger partial charge < -0.3 is 29.6 Å². The van der Waals surface area contributed by atoms with Crippen LogP contribution in [0.3, 0.4) is 0 Å². The number of amides is 2. The summed E-state index contributed by atoms with van der Waals surface area (Å²) in [7, 11) is 0. The molecule has 0 radical (unpaired) electrons. The van der Waals surface area contributed by atoms with Crippen LogP contribution in [-0.2, 0) is 9.47 Å². The van der Waals surface area contributed by atoms with Crippen molar-refractivity contribution in [2.45, 2.75) is 18.2 Å². The maximum absolute atomic E-state index is 12.2. The first-order valence-electron chi connectivity index (χ1n) is 7.84. The molecule has 3 aliphatic rings. The van der Waals surface area contributed by atoms with Crippen molar-refractivity contribution in [1.29, 1.82) is 5.26 Å². The van der Waals surface area contributed by atoms with Crippen molar-refractivity contribution < 1.29 is 23.7 Å². The molecular weight excluding hydrogens is 314 g/mol. The van der Waals surface area contributed by atoms with Crippen LogP contribution in [0.15, 0.2) is 18.2 Å². The highest BCUT2D eigenvalue weighted by atomic mass is 16.6. The molecule has 0 saturated carbocycles. The summed E-state index contributed by atoms with van der Waals surface area (Å²) in [6, 6.07) is 6.78. The van der Waals surface area contributed by atoms with Crippen molar-refractivity contribution >= 4 is 11.7 Å². The van der Waals surface area contributed by atoms with Crippen LogP contribution in [0.2, 0.25) is 0 Å². The number of rotatable bonds is 2. The van der Waals surface area contributed by atoms with Crippen LogP contribution in [-0.4, -0.2) is 50.7 Å². The van der Waals surface area contributed by atoms with Crippen LogP contribution in [0.4, 0.5) is 10.5 Å². The predicted octanol–water partition coefficient (Wildman–Crippen LogP) is 0.885. The molecule has 2 amide bonds. The topological polar surface area (TPSA) is 102 Å². The Labute approximate surface area is 138 Å². The Morgan fingerprint density at radius 3 is 2.75 bits per heavy atom. The minimum atomic E-state index is -0.357. The summed E-state index contributed by atoms with van der Waals surface area (Å²) in [5, 5.41) is 14.6. The van der Waals surface area contributed by atoms with E-state index in [0.717, 1.165) is 0 Å². The molecule has 2 N–H and O–H groups in total. The number of anilines is 1. The molecular formula is C16H17N3O5. The quantitative estimate of drug-likeness (QED) is 0.834. The number of ether oxygens (including phenoxy) is 4. The molecule has 0 spiro atoms. The number of urea groups is 1. The van der Waals surface area contributed by atoms with Gasteiger partial charge in [0.2, 0.25) is 0 Å². The first-order chi connectivity index (χ1) is 11.7. The number of nitrogens with one attached hydrogen (secondary N) is 2. The molecule has 2 saturated heterocycles. The molecule has 3 heterocycles. The van der Waals surface area contributed by atoms with Crippen molar-refractivity contribution in [3.63, 3.8) is 0 Å². The Bertz CT molecular complexity index is 689. The number of hydrogen-bond acceptors (Lipinski definition) is 6. The Kier molecular flexibility index (Phi) is 3.88. The van der Waals surface area contributed by atoms with E-state index < -0.39 is 0 Å². The molecule has 2 fully saturated rings. The number of benzene rings is 1. The van der Waals surface area contributed by atoms with Gasteiger partial charge in [0.05, 0.1) is 31.2 Å². The lowest BCUT2D eigenvalue weighted by molar-refractivity contribution is 0.0665. The van der Waals surface area contributed by atoms with E-state index in [2.05, 4.69) is 16.7 Å². The number of fused-ring (bicyclic) bond motifs is 2. The van der Waals surface area contributed by atoms with E-state index in [9.17, 15) is 4.79 Å². The van der Waals surface area contributed by atoms with Gasteiger partial charge in [-0.25, -0.2) is 4.79 Å². The molecule has 126 valence electrons. The summed E-state index contributed by atoms with van der Waals surface area (Å²) >= 11 is 0. The van der Waals surface area contributed by atoms with E-state index in [0.29, 0.717) is 43.6 Å². The van der Waals surface area contributed by atoms with E-state index in [1.165, 1.54) is 0 Å². The first-order valence-corrected chi connectivity index (χ1v) is 7.84. The predicted molar refractivity (Wildman–Crippen MR) is 82.0 cm³/mol. The number of nitrogens with zero attached hydrogens (tertiary/aromatic N) is 1. The van der Waals surface area contributed by atoms with E-state index in [1.54, 1.807) is 18.2 Å². The zero-order valence-electron chi connectivity index (χ0n) is 12.9. The monoisotopic (exact) mass is 331 g/mol. The van der Waals surface area contributed by atoms with Gasteiger partial charge in [0.1, 0.15) is 25.4 Å². The number of hydrogen-bond donors (Lipinski definition) is 2. The summed E-state index contributed by atoms with van der Waals surface area (Å²) in [6.07, 6.45) is -0.546. The maximum atomic E-state index is 12.2. The third kappa shape index (κ3) is 2.72. The molecule has 1 aromatic rings. The minimum Gasteiger partial charge on any atom is -0.486 e. The number of nitriles is 1. The summed E-state index contributed by atoms with van der Waals surface area (Å²) in [4.78, 5) is 12.2. The van der Waals surface area contributed by atoms with E-state index in [-0.39, 0.29) is 30.2 Å². The second kappa shape index (κ2) is 6.19. The average molecular weight is 331 g/mol. The molecule has 24 heavy (non-hydrogen) atoms. The zero-order valence-corrected chi connectivity index (χ0v) is 12.9. The zero-order chi connectivity index (χ0) is 16.5. The van der Waals surface area contributed by atoms with Gasteiger partial charge in [-0.2, -0.15) is 5.26 Å². The summed E-state index contributed by atoms with van der Waals surface area (Å²) in [5.74, 6) is 1.00. The molecule has 0 aromatic heterocycles. The summed E-state index contributed by atoms with van der Waals surface area (Å²) in [6.45, 7) is 1.69. The van der Waals surface area contributed by atoms with E-state index in [1.807, 2.05) is 0 Å². The number of carbonyl (C=O) groups is 1. The highest BCUT2D eigenvalue weighted by molar-refractivity contribution is 5.90. The van der Waals surface area contributed by atoms with Gasteiger partial charge in [0.25, 0.3) is 0 Å². The second-order valence-electron chi connectivity index (χ2n) is 5.89. The third-order valence-corrected chi connectivity index (χ3v) is 4.34. The Morgan fingerprint density at radius 2 is 1.92 bits per heavy atom. The lowest BCUT2D eigenvalue weighted by atomic mass is 10.0. The van der Waals surface area contributed by atoms with Crippen molar-refractivity contribution in [3.8, 4) is 17.6 Å². The summed E-state index contributed by atoms with van der Waals surface area (Å²) in [5.41, 5.74) is 0.606. The van der Waals surface area contributed by atoms with Crippen LogP contribution < -0.4 is 20.1 Å². The lowest BCUT2D eigenvalue weighted by Crippen LogP contribution is -2.45. The molecule has 3 aliphatic heterocycles. The van der Waals surface area contributed by atoms with E-state index >= 15 is 0 Å². The van der Waals surface area contributed by atoms with Gasteiger partial charge >= 0.3 is 6.03 Å². The molecule has 8 nitrogen and oxygen atoms in total. The Hall–Kier alpha value is -2.50. The van der Waals surface area contributed by atoms with Gasteiger partial charge in [0.15, 0.2) is 11.5 Å². The lowest BCUT2D eigenvalue weighted by Gasteiger charge is -2.20. The molecule has 0 aliphatic carbocycles. The fourth-order valence-corrected chi connectivity index (χ4v) is 3.19. The van der Waals surface area contributed by atoms with Crippen LogP contribution in [0.5, 0.6) is 11.5 Å². The van der Waals surface area contributed by atoms with Crippen molar-refractivity contribution in [1.82, 2.24) is 5.32 Å². The van der Waals surface area contributed by atoms with Crippen LogP contribution in [0.1, 0.15) is 0 Å². The highest BCUT2D eigenvalue weighted by Crippen LogP contribution is 2.33. The van der Waals surface area contributed by atoms with Gasteiger partial charge in [0, 0.05) is 11.8 Å². The normalized spacial score (nSPS) is 30.3. The molecule has 0 unspecified atom stereocenters. The van der Waals surface area contributed by atoms with Crippen molar-refractivity contribution in [3.05, 3.63) is 18.2 Å². The molecule has 8 heteroatoms. The van der Waals surface area contributed by atoms with Gasteiger partial charge in [-0.3, -0.25) is 0 Å². The van der Waals surface area contributed by atoms with Crippen molar-refractivity contribution in [2.75, 3.05) is 31.7 Å². The molecule has 1 aromatic carbocycles. The van der Waals surface area contributed by atoms with Gasteiger partial charge in [-0.05, 0) is 12.1 Å². The Balaban J connectivity index is 1.37. The molecule has 4 atom stereocenters. The largest absolute Gasteiger partial charge is 0.486 e. The summed E-state index contributed by atoms with van der Waals surface area (Å²) < 4.78 is 22.1. The van der Waals surface area contributed by atoms with Crippen molar-refractivity contribution in [2.24, 2.45) is 5.92 Å². The maximum Gasteiger partial charge on any atom is 0.319 e. The molecule has 0 bridgehead atoms.